The Morgan fingerprint density at radius 3 is 2.91 bits per heavy atom. The van der Waals surface area contributed by atoms with Crippen LogP contribution in [0.25, 0.3) is 0 Å². The van der Waals surface area contributed by atoms with Crippen LogP contribution in [0.5, 0.6) is 0 Å². The summed E-state index contributed by atoms with van der Waals surface area (Å²) < 4.78 is 1.89. The zero-order valence-corrected chi connectivity index (χ0v) is 14.5. The number of aromatic nitrogens is 3. The molecule has 1 unspecified atom stereocenters. The molecule has 8 heteroatoms. The molecule has 23 heavy (non-hydrogen) atoms. The van der Waals surface area contributed by atoms with Crippen LogP contribution in [-0.2, 0) is 0 Å². The van der Waals surface area contributed by atoms with Crippen molar-refractivity contribution in [3.05, 3.63) is 42.0 Å². The Labute approximate surface area is 147 Å². The highest BCUT2D eigenvalue weighted by atomic mass is 35.5. The third kappa shape index (κ3) is 4.92. The molecular formula is C15H21Cl2N5O. The quantitative estimate of drug-likeness (QED) is 0.885. The average molecular weight is 358 g/mol. The summed E-state index contributed by atoms with van der Waals surface area (Å²) >= 11 is 0. The molecule has 1 atom stereocenters. The van der Waals surface area contributed by atoms with E-state index >= 15 is 0 Å². The van der Waals surface area contributed by atoms with E-state index in [9.17, 15) is 4.79 Å². The van der Waals surface area contributed by atoms with Crippen LogP contribution in [0.4, 0.5) is 5.69 Å². The minimum atomic E-state index is -0.192. The normalized spacial score (nSPS) is 16.8. The molecule has 0 aliphatic carbocycles. The Morgan fingerprint density at radius 2 is 2.22 bits per heavy atom. The van der Waals surface area contributed by atoms with Crippen LogP contribution in [0.2, 0.25) is 0 Å². The van der Waals surface area contributed by atoms with Gasteiger partial charge in [-0.25, -0.2) is 0 Å². The van der Waals surface area contributed by atoms with Gasteiger partial charge in [-0.3, -0.25) is 14.5 Å². The van der Waals surface area contributed by atoms with Crippen molar-refractivity contribution >= 4 is 36.4 Å². The van der Waals surface area contributed by atoms with E-state index < -0.39 is 0 Å². The lowest BCUT2D eigenvalue weighted by molar-refractivity contribution is 0.102. The lowest BCUT2D eigenvalue weighted by Gasteiger charge is -2.22. The summed E-state index contributed by atoms with van der Waals surface area (Å²) in [5.41, 5.74) is 2.04. The fourth-order valence-electron chi connectivity index (χ4n) is 2.54. The van der Waals surface area contributed by atoms with Crippen LogP contribution in [0.15, 0.2) is 30.6 Å². The van der Waals surface area contributed by atoms with Crippen LogP contribution >= 0.6 is 24.8 Å². The Hall–Kier alpha value is -1.63. The fourth-order valence-corrected chi connectivity index (χ4v) is 2.54. The summed E-state index contributed by atoms with van der Waals surface area (Å²) in [5.74, 6) is -0.192. The van der Waals surface area contributed by atoms with Crippen molar-refractivity contribution in [3.8, 4) is 0 Å². The maximum Gasteiger partial charge on any atom is 0.276 e. The van der Waals surface area contributed by atoms with E-state index in [4.69, 9.17) is 0 Å². The fraction of sp³-hybridized carbons (Fsp3) is 0.400. The number of rotatable bonds is 3. The highest BCUT2D eigenvalue weighted by Gasteiger charge is 2.17. The van der Waals surface area contributed by atoms with Gasteiger partial charge in [-0.05, 0) is 44.5 Å². The molecule has 0 spiro atoms. The molecule has 2 aromatic rings. The van der Waals surface area contributed by atoms with Gasteiger partial charge in [0.05, 0.1) is 6.04 Å². The van der Waals surface area contributed by atoms with Crippen LogP contribution in [0.1, 0.15) is 35.1 Å². The number of nitrogens with one attached hydrogen (secondary N) is 2. The number of hydrogen-bond donors (Lipinski definition) is 2. The predicted octanol–water partition coefficient (Wildman–Crippen LogP) is 2.61. The molecule has 2 N–H and O–H groups in total. The zero-order valence-electron chi connectivity index (χ0n) is 12.9. The summed E-state index contributed by atoms with van der Waals surface area (Å²) in [6.07, 6.45) is 5.79. The van der Waals surface area contributed by atoms with Gasteiger partial charge in [0.15, 0.2) is 5.69 Å². The molecular weight excluding hydrogens is 337 g/mol. The summed E-state index contributed by atoms with van der Waals surface area (Å²) in [4.78, 5) is 16.3. The average Bonchev–Trinajstić information content (AvgIpc) is 2.98. The van der Waals surface area contributed by atoms with E-state index in [2.05, 4.69) is 20.7 Å². The van der Waals surface area contributed by atoms with Crippen molar-refractivity contribution in [2.45, 2.75) is 25.8 Å². The van der Waals surface area contributed by atoms with Gasteiger partial charge in [0.2, 0.25) is 0 Å². The summed E-state index contributed by atoms with van der Waals surface area (Å²) in [7, 11) is 0. The highest BCUT2D eigenvalue weighted by Crippen LogP contribution is 2.16. The minimum Gasteiger partial charge on any atom is -0.320 e. The first-order valence-corrected chi connectivity index (χ1v) is 7.22. The number of pyridine rings is 1. The van der Waals surface area contributed by atoms with Gasteiger partial charge in [0, 0.05) is 30.3 Å². The smallest absolute Gasteiger partial charge is 0.276 e. The number of piperidine rings is 1. The largest absolute Gasteiger partial charge is 0.320 e. The second-order valence-corrected chi connectivity index (χ2v) is 5.32. The number of hydrogen-bond acceptors (Lipinski definition) is 4. The Morgan fingerprint density at radius 1 is 1.39 bits per heavy atom. The molecule has 0 radical (unpaired) electrons. The van der Waals surface area contributed by atoms with Crippen molar-refractivity contribution in [2.24, 2.45) is 0 Å². The summed E-state index contributed by atoms with van der Waals surface area (Å²) in [5, 5.41) is 10.6. The number of nitrogens with zero attached hydrogens (tertiary/aromatic N) is 3. The monoisotopic (exact) mass is 357 g/mol. The molecule has 1 aliphatic rings. The molecule has 0 bridgehead atoms. The van der Waals surface area contributed by atoms with Crippen molar-refractivity contribution in [1.29, 1.82) is 0 Å². The molecule has 1 aliphatic heterocycles. The van der Waals surface area contributed by atoms with E-state index in [0.717, 1.165) is 37.3 Å². The first-order valence-electron chi connectivity index (χ1n) is 7.22. The predicted molar refractivity (Wildman–Crippen MR) is 94.8 cm³/mol. The van der Waals surface area contributed by atoms with Crippen LogP contribution in [0, 0.1) is 6.92 Å². The molecule has 2 aromatic heterocycles. The van der Waals surface area contributed by atoms with Gasteiger partial charge in [0.25, 0.3) is 5.91 Å². The first kappa shape index (κ1) is 19.4. The lowest BCUT2D eigenvalue weighted by Crippen LogP contribution is -2.32. The molecule has 1 fully saturated rings. The summed E-state index contributed by atoms with van der Waals surface area (Å²) in [6, 6.07) is 5.70. The second kappa shape index (κ2) is 8.86. The third-order valence-corrected chi connectivity index (χ3v) is 3.64. The SMILES string of the molecule is Cc1cc(NC(=O)c2ccn(C3CCCNC3)n2)ccn1.Cl.Cl. The number of carbonyl (C=O) groups excluding carboxylic acids is 1. The molecule has 0 saturated carbocycles. The lowest BCUT2D eigenvalue weighted by atomic mass is 10.1. The second-order valence-electron chi connectivity index (χ2n) is 5.32. The Kier molecular flexibility index (Phi) is 7.48. The Balaban J connectivity index is 0.00000132. The molecule has 1 amide bonds. The van der Waals surface area contributed by atoms with Crippen molar-refractivity contribution in [2.75, 3.05) is 18.4 Å². The van der Waals surface area contributed by atoms with E-state index in [1.165, 1.54) is 0 Å². The van der Waals surface area contributed by atoms with Crippen molar-refractivity contribution in [1.82, 2.24) is 20.1 Å². The first-order chi connectivity index (χ1) is 10.2. The topological polar surface area (TPSA) is 71.8 Å². The van der Waals surface area contributed by atoms with Gasteiger partial charge in [-0.2, -0.15) is 5.10 Å². The number of halogens is 2. The molecule has 1 saturated heterocycles. The van der Waals surface area contributed by atoms with Gasteiger partial charge >= 0.3 is 0 Å². The maximum atomic E-state index is 12.2. The van der Waals surface area contributed by atoms with E-state index in [-0.39, 0.29) is 30.7 Å². The minimum absolute atomic E-state index is 0. The van der Waals surface area contributed by atoms with Gasteiger partial charge < -0.3 is 10.6 Å². The van der Waals surface area contributed by atoms with E-state index in [1.807, 2.05) is 23.9 Å². The summed E-state index contributed by atoms with van der Waals surface area (Å²) in [6.45, 7) is 3.86. The molecule has 3 rings (SSSR count). The van der Waals surface area contributed by atoms with Crippen LogP contribution in [-0.4, -0.2) is 33.8 Å². The number of amides is 1. The van der Waals surface area contributed by atoms with Gasteiger partial charge in [-0.1, -0.05) is 0 Å². The maximum absolute atomic E-state index is 12.2. The van der Waals surface area contributed by atoms with Crippen LogP contribution < -0.4 is 10.6 Å². The van der Waals surface area contributed by atoms with E-state index in [0.29, 0.717) is 11.7 Å². The molecule has 0 aromatic carbocycles. The molecule has 6 nitrogen and oxygen atoms in total. The highest BCUT2D eigenvalue weighted by molar-refractivity contribution is 6.02. The van der Waals surface area contributed by atoms with Gasteiger partial charge in [-0.15, -0.1) is 24.8 Å². The van der Waals surface area contributed by atoms with Crippen LogP contribution in [0.3, 0.4) is 0 Å². The number of aryl methyl sites for hydroxylation is 1. The third-order valence-electron chi connectivity index (χ3n) is 3.64. The van der Waals surface area contributed by atoms with Crippen molar-refractivity contribution in [3.63, 3.8) is 0 Å². The zero-order chi connectivity index (χ0) is 14.7. The van der Waals surface area contributed by atoms with Crippen molar-refractivity contribution < 1.29 is 4.79 Å². The number of anilines is 1. The Bertz CT molecular complexity index is 640. The molecule has 3 heterocycles. The van der Waals surface area contributed by atoms with Gasteiger partial charge in [0.1, 0.15) is 0 Å². The van der Waals surface area contributed by atoms with E-state index in [1.54, 1.807) is 18.3 Å². The molecule has 126 valence electrons. The standard InChI is InChI=1S/C15H19N5O.2ClH/c1-11-9-12(4-7-17-11)18-15(21)14-5-8-20(19-14)13-3-2-6-16-10-13;;/h4-5,7-9,13,16H,2-3,6,10H2,1H3,(H,17,18,21);2*1H. The number of carbonyl (C=O) groups is 1.